The van der Waals surface area contributed by atoms with E-state index in [9.17, 15) is 18.0 Å². The predicted octanol–water partition coefficient (Wildman–Crippen LogP) is 2.08. The second-order valence-electron chi connectivity index (χ2n) is 9.91. The lowest BCUT2D eigenvalue weighted by atomic mass is 10.1. The van der Waals surface area contributed by atoms with Crippen molar-refractivity contribution in [3.8, 4) is 0 Å². The lowest BCUT2D eigenvalue weighted by Crippen LogP contribution is -2.43. The van der Waals surface area contributed by atoms with E-state index >= 15 is 0 Å². The molecular weight excluding hydrogens is 494 g/mol. The molecule has 10 nitrogen and oxygen atoms in total. The van der Waals surface area contributed by atoms with Crippen LogP contribution in [-0.4, -0.2) is 83.3 Å². The molecule has 1 aromatic heterocycles. The van der Waals surface area contributed by atoms with Crippen molar-refractivity contribution in [2.75, 3.05) is 37.6 Å². The van der Waals surface area contributed by atoms with Crippen molar-refractivity contribution in [2.24, 2.45) is 11.8 Å². The van der Waals surface area contributed by atoms with Gasteiger partial charge in [-0.1, -0.05) is 30.3 Å². The van der Waals surface area contributed by atoms with Gasteiger partial charge >= 0.3 is 5.97 Å². The third-order valence-corrected chi connectivity index (χ3v) is 9.63. The molecule has 3 aliphatic rings. The Hall–Kier alpha value is -3.57. The number of hydrogen-bond acceptors (Lipinski definition) is 7. The number of carboxylic acids is 1. The maximum Gasteiger partial charge on any atom is 0.338 e. The summed E-state index contributed by atoms with van der Waals surface area (Å²) in [5, 5.41) is 10.9. The van der Waals surface area contributed by atoms with Gasteiger partial charge in [-0.2, -0.15) is 4.31 Å². The Labute approximate surface area is 214 Å². The fraction of sp³-hybridized carbons (Fsp3) is 0.385. The van der Waals surface area contributed by atoms with E-state index in [0.717, 1.165) is 17.2 Å². The molecule has 3 aromatic rings. The number of hydrogen-bond donors (Lipinski definition) is 1. The van der Waals surface area contributed by atoms with Crippen LogP contribution in [-0.2, 0) is 14.8 Å². The lowest BCUT2D eigenvalue weighted by molar-refractivity contribution is -0.127. The predicted molar refractivity (Wildman–Crippen MR) is 136 cm³/mol. The Kier molecular flexibility index (Phi) is 5.84. The minimum absolute atomic E-state index is 0.0232. The summed E-state index contributed by atoms with van der Waals surface area (Å²) >= 11 is 0. The molecule has 3 heterocycles. The summed E-state index contributed by atoms with van der Waals surface area (Å²) in [6.45, 7) is 2.48. The molecule has 1 saturated carbocycles. The topological polar surface area (TPSA) is 124 Å². The van der Waals surface area contributed by atoms with Crippen LogP contribution < -0.4 is 4.90 Å². The molecule has 6 rings (SSSR count). The monoisotopic (exact) mass is 521 g/mol. The highest BCUT2D eigenvalue weighted by Gasteiger charge is 2.61. The van der Waals surface area contributed by atoms with Gasteiger partial charge in [0.25, 0.3) is 0 Å². The van der Waals surface area contributed by atoms with Gasteiger partial charge in [-0.05, 0) is 41.2 Å². The summed E-state index contributed by atoms with van der Waals surface area (Å²) in [6, 6.07) is 12.7. The molecule has 2 saturated heterocycles. The zero-order chi connectivity index (χ0) is 25.7. The van der Waals surface area contributed by atoms with Crippen molar-refractivity contribution in [1.29, 1.82) is 0 Å². The molecule has 1 amide bonds. The first-order valence-corrected chi connectivity index (χ1v) is 13.9. The van der Waals surface area contributed by atoms with Crippen molar-refractivity contribution in [3.05, 3.63) is 60.4 Å². The smallest absolute Gasteiger partial charge is 0.338 e. The number of aromatic carboxylic acids is 1. The van der Waals surface area contributed by atoms with Gasteiger partial charge in [0.15, 0.2) is 0 Å². The van der Waals surface area contributed by atoms with Crippen LogP contribution in [0.2, 0.25) is 0 Å². The number of carbonyl (C=O) groups excluding carboxylic acids is 1. The molecule has 192 valence electrons. The van der Waals surface area contributed by atoms with Gasteiger partial charge in [-0.15, -0.1) is 0 Å². The number of rotatable bonds is 8. The van der Waals surface area contributed by atoms with Crippen molar-refractivity contribution in [2.45, 2.75) is 23.8 Å². The number of piperidine rings is 1. The van der Waals surface area contributed by atoms with Gasteiger partial charge in [0, 0.05) is 57.6 Å². The normalized spacial score (nSPS) is 23.2. The summed E-state index contributed by atoms with van der Waals surface area (Å²) in [6.07, 6.45) is 3.90. The Balaban J connectivity index is 1.24. The summed E-state index contributed by atoms with van der Waals surface area (Å²) in [7, 11) is -3.80. The number of fused-ring (bicyclic) bond motifs is 2. The number of benzene rings is 2. The second kappa shape index (κ2) is 9.07. The van der Waals surface area contributed by atoms with Crippen LogP contribution >= 0.6 is 0 Å². The van der Waals surface area contributed by atoms with Crippen molar-refractivity contribution in [1.82, 2.24) is 19.2 Å². The minimum Gasteiger partial charge on any atom is -0.478 e. The molecular formula is C26H27N5O5S. The van der Waals surface area contributed by atoms with E-state index in [-0.39, 0.29) is 40.8 Å². The summed E-state index contributed by atoms with van der Waals surface area (Å²) in [5.41, 5.74) is 0.0232. The van der Waals surface area contributed by atoms with Gasteiger partial charge in [0.2, 0.25) is 21.9 Å². The standard InChI is InChI=1S/C26H27N5O5S/c32-23-6-3-9-29(23)10-11-31(37(35,36)20-8-7-17-4-1-2-5-18(17)12-20)24-21-15-30(16-22(21)24)26-27-13-19(14-28-26)25(33)34/h1-2,4-5,7-8,12-14,21-22,24H,3,6,9-11,15-16H2,(H,33,34). The Morgan fingerprint density at radius 3 is 2.41 bits per heavy atom. The quantitative estimate of drug-likeness (QED) is 0.478. The van der Waals surface area contributed by atoms with E-state index in [2.05, 4.69) is 9.97 Å². The molecule has 1 N–H and O–H groups in total. The summed E-state index contributed by atoms with van der Waals surface area (Å²) < 4.78 is 29.5. The van der Waals surface area contributed by atoms with Gasteiger partial charge < -0.3 is 14.9 Å². The SMILES string of the molecule is O=C(O)c1cnc(N2CC3C(C2)C3N(CCN2CCCC2=O)S(=O)(=O)c2ccc3ccccc3c2)nc1. The first kappa shape index (κ1) is 23.8. The number of nitrogens with zero attached hydrogens (tertiary/aromatic N) is 5. The zero-order valence-corrected chi connectivity index (χ0v) is 20.9. The summed E-state index contributed by atoms with van der Waals surface area (Å²) in [4.78, 5) is 35.7. The minimum atomic E-state index is -3.80. The average molecular weight is 522 g/mol. The van der Waals surface area contributed by atoms with Crippen molar-refractivity contribution >= 4 is 38.6 Å². The highest BCUT2D eigenvalue weighted by atomic mass is 32.2. The number of carboxylic acid groups (broad SMARTS) is 1. The molecule has 0 bridgehead atoms. The zero-order valence-electron chi connectivity index (χ0n) is 20.1. The molecule has 3 fully saturated rings. The lowest BCUT2D eigenvalue weighted by Gasteiger charge is -2.28. The molecule has 11 heteroatoms. The molecule has 2 aliphatic heterocycles. The first-order chi connectivity index (χ1) is 17.8. The Morgan fingerprint density at radius 1 is 1.05 bits per heavy atom. The average Bonchev–Trinajstić information content (AvgIpc) is 3.19. The van der Waals surface area contributed by atoms with Crippen LogP contribution in [0.3, 0.4) is 0 Å². The van der Waals surface area contributed by atoms with Crippen LogP contribution in [0.1, 0.15) is 23.2 Å². The molecule has 2 atom stereocenters. The van der Waals surface area contributed by atoms with Crippen LogP contribution in [0.4, 0.5) is 5.95 Å². The van der Waals surface area contributed by atoms with Gasteiger partial charge in [-0.25, -0.2) is 23.2 Å². The number of aromatic nitrogens is 2. The largest absolute Gasteiger partial charge is 0.478 e. The molecule has 0 spiro atoms. The molecule has 2 unspecified atom stereocenters. The molecule has 37 heavy (non-hydrogen) atoms. The maximum atomic E-state index is 14.0. The number of anilines is 1. The third kappa shape index (κ3) is 4.31. The number of amides is 1. The van der Waals surface area contributed by atoms with Gasteiger partial charge in [0.1, 0.15) is 0 Å². The van der Waals surface area contributed by atoms with E-state index in [4.69, 9.17) is 5.11 Å². The highest BCUT2D eigenvalue weighted by Crippen LogP contribution is 2.51. The van der Waals surface area contributed by atoms with E-state index in [1.807, 2.05) is 35.2 Å². The molecule has 2 aromatic carbocycles. The fourth-order valence-electron chi connectivity index (χ4n) is 5.73. The third-order valence-electron chi connectivity index (χ3n) is 7.74. The summed E-state index contributed by atoms with van der Waals surface area (Å²) in [5.74, 6) is -0.323. The molecule has 1 aliphatic carbocycles. The first-order valence-electron chi connectivity index (χ1n) is 12.4. The van der Waals surface area contributed by atoms with E-state index in [1.165, 1.54) is 12.4 Å². The van der Waals surface area contributed by atoms with Crippen LogP contribution in [0.25, 0.3) is 10.8 Å². The number of likely N-dealkylation sites (tertiary alicyclic amines) is 1. The second-order valence-corrected chi connectivity index (χ2v) is 11.8. The van der Waals surface area contributed by atoms with Crippen LogP contribution in [0, 0.1) is 11.8 Å². The fourth-order valence-corrected chi connectivity index (χ4v) is 7.47. The number of carbonyl (C=O) groups is 2. The van der Waals surface area contributed by atoms with E-state index in [0.29, 0.717) is 38.5 Å². The van der Waals surface area contributed by atoms with Crippen LogP contribution in [0.15, 0.2) is 59.8 Å². The Morgan fingerprint density at radius 2 is 1.76 bits per heavy atom. The van der Waals surface area contributed by atoms with Crippen molar-refractivity contribution in [3.63, 3.8) is 0 Å². The van der Waals surface area contributed by atoms with Crippen molar-refractivity contribution < 1.29 is 23.1 Å². The van der Waals surface area contributed by atoms with E-state index in [1.54, 1.807) is 21.3 Å². The Bertz CT molecular complexity index is 1470. The van der Waals surface area contributed by atoms with Gasteiger partial charge in [-0.3, -0.25) is 4.79 Å². The number of sulfonamides is 1. The molecule has 0 radical (unpaired) electrons. The van der Waals surface area contributed by atoms with Crippen LogP contribution in [0.5, 0.6) is 0 Å². The van der Waals surface area contributed by atoms with E-state index < -0.39 is 16.0 Å². The van der Waals surface area contributed by atoms with Gasteiger partial charge in [0.05, 0.1) is 10.5 Å². The maximum absolute atomic E-state index is 14.0. The highest BCUT2D eigenvalue weighted by molar-refractivity contribution is 7.89.